The Morgan fingerprint density at radius 1 is 1.38 bits per heavy atom. The number of non-ortho nitro benzene ring substituents is 1. The SMILES string of the molecule is CCOc1cc(NCc2c(C)noc2C)cc([N+](=O)[O-])c1. The van der Waals surface area contributed by atoms with E-state index in [4.69, 9.17) is 9.26 Å². The summed E-state index contributed by atoms with van der Waals surface area (Å²) in [5, 5.41) is 18.0. The van der Waals surface area contributed by atoms with Crippen LogP contribution in [0, 0.1) is 24.0 Å². The van der Waals surface area contributed by atoms with Gasteiger partial charge in [-0.05, 0) is 20.8 Å². The number of nitrogens with one attached hydrogen (secondary N) is 1. The maximum Gasteiger partial charge on any atom is 0.275 e. The van der Waals surface area contributed by atoms with Crippen LogP contribution in [0.15, 0.2) is 22.7 Å². The molecule has 21 heavy (non-hydrogen) atoms. The largest absolute Gasteiger partial charge is 0.494 e. The summed E-state index contributed by atoms with van der Waals surface area (Å²) in [5.41, 5.74) is 2.35. The third-order valence-electron chi connectivity index (χ3n) is 3.06. The van der Waals surface area contributed by atoms with E-state index >= 15 is 0 Å². The lowest BCUT2D eigenvalue weighted by molar-refractivity contribution is -0.384. The van der Waals surface area contributed by atoms with Gasteiger partial charge >= 0.3 is 0 Å². The third-order valence-corrected chi connectivity index (χ3v) is 3.06. The van der Waals surface area contributed by atoms with Crippen LogP contribution in [0.5, 0.6) is 5.75 Å². The summed E-state index contributed by atoms with van der Waals surface area (Å²) in [6.07, 6.45) is 0. The minimum atomic E-state index is -0.441. The highest BCUT2D eigenvalue weighted by Crippen LogP contribution is 2.27. The molecule has 0 atom stereocenters. The van der Waals surface area contributed by atoms with E-state index < -0.39 is 4.92 Å². The number of nitro groups is 1. The molecular weight excluding hydrogens is 274 g/mol. The Balaban J connectivity index is 2.20. The summed E-state index contributed by atoms with van der Waals surface area (Å²) in [6, 6.07) is 4.61. The van der Waals surface area contributed by atoms with Gasteiger partial charge in [0.25, 0.3) is 5.69 Å². The van der Waals surface area contributed by atoms with Gasteiger partial charge in [-0.2, -0.15) is 0 Å². The van der Waals surface area contributed by atoms with Crippen molar-refractivity contribution in [3.05, 3.63) is 45.3 Å². The number of rotatable bonds is 6. The van der Waals surface area contributed by atoms with Crippen molar-refractivity contribution >= 4 is 11.4 Å². The quantitative estimate of drug-likeness (QED) is 0.649. The van der Waals surface area contributed by atoms with Crippen molar-refractivity contribution in [1.29, 1.82) is 0 Å². The Morgan fingerprint density at radius 2 is 2.14 bits per heavy atom. The molecule has 7 nitrogen and oxygen atoms in total. The molecule has 2 aromatic rings. The monoisotopic (exact) mass is 291 g/mol. The first-order chi connectivity index (χ1) is 10.0. The fourth-order valence-corrected chi connectivity index (χ4v) is 1.99. The molecule has 0 saturated carbocycles. The van der Waals surface area contributed by atoms with Gasteiger partial charge in [0.05, 0.1) is 23.3 Å². The van der Waals surface area contributed by atoms with Crippen molar-refractivity contribution in [3.63, 3.8) is 0 Å². The molecule has 0 bridgehead atoms. The molecule has 0 aliphatic carbocycles. The molecule has 0 aliphatic rings. The first-order valence-electron chi connectivity index (χ1n) is 6.59. The average Bonchev–Trinajstić information content (AvgIpc) is 2.76. The molecule has 0 unspecified atom stereocenters. The number of hydrogen-bond donors (Lipinski definition) is 1. The van der Waals surface area contributed by atoms with E-state index in [-0.39, 0.29) is 5.69 Å². The molecular formula is C14H17N3O4. The predicted molar refractivity (Wildman–Crippen MR) is 77.6 cm³/mol. The summed E-state index contributed by atoms with van der Waals surface area (Å²) in [5.74, 6) is 1.20. The molecule has 1 heterocycles. The molecule has 2 rings (SSSR count). The van der Waals surface area contributed by atoms with E-state index in [1.165, 1.54) is 12.1 Å². The van der Waals surface area contributed by atoms with E-state index in [1.807, 2.05) is 20.8 Å². The fourth-order valence-electron chi connectivity index (χ4n) is 1.99. The van der Waals surface area contributed by atoms with Gasteiger partial charge in [0.2, 0.25) is 0 Å². The lowest BCUT2D eigenvalue weighted by Crippen LogP contribution is -2.03. The summed E-state index contributed by atoms with van der Waals surface area (Å²) in [7, 11) is 0. The number of hydrogen-bond acceptors (Lipinski definition) is 6. The standard InChI is InChI=1S/C14H17N3O4/c1-4-20-13-6-11(5-12(7-13)17(18)19)15-8-14-9(2)16-21-10(14)3/h5-7,15H,4,8H2,1-3H3. The molecule has 1 aromatic heterocycles. The van der Waals surface area contributed by atoms with Gasteiger partial charge in [-0.25, -0.2) is 0 Å². The van der Waals surface area contributed by atoms with Crippen LogP contribution >= 0.6 is 0 Å². The van der Waals surface area contributed by atoms with Gasteiger partial charge in [-0.3, -0.25) is 10.1 Å². The van der Waals surface area contributed by atoms with Gasteiger partial charge in [0.1, 0.15) is 11.5 Å². The van der Waals surface area contributed by atoms with Gasteiger partial charge in [0.15, 0.2) is 0 Å². The third kappa shape index (κ3) is 3.50. The zero-order chi connectivity index (χ0) is 15.4. The maximum absolute atomic E-state index is 10.9. The average molecular weight is 291 g/mol. The van der Waals surface area contributed by atoms with Crippen LogP contribution in [-0.2, 0) is 6.54 Å². The number of aryl methyl sites for hydroxylation is 2. The van der Waals surface area contributed by atoms with Crippen molar-refractivity contribution in [2.24, 2.45) is 0 Å². The highest BCUT2D eigenvalue weighted by atomic mass is 16.6. The van der Waals surface area contributed by atoms with E-state index in [0.29, 0.717) is 24.6 Å². The lowest BCUT2D eigenvalue weighted by Gasteiger charge is -2.09. The molecule has 0 aliphatic heterocycles. The molecule has 0 radical (unpaired) electrons. The molecule has 0 spiro atoms. The second kappa shape index (κ2) is 6.25. The number of nitro benzene ring substituents is 1. The Hall–Kier alpha value is -2.57. The fraction of sp³-hybridized carbons (Fsp3) is 0.357. The van der Waals surface area contributed by atoms with Crippen LogP contribution in [-0.4, -0.2) is 16.7 Å². The van der Waals surface area contributed by atoms with Gasteiger partial charge in [0, 0.05) is 29.9 Å². The van der Waals surface area contributed by atoms with Crippen LogP contribution in [0.3, 0.4) is 0 Å². The van der Waals surface area contributed by atoms with Crippen LogP contribution < -0.4 is 10.1 Å². The lowest BCUT2D eigenvalue weighted by atomic mass is 10.2. The maximum atomic E-state index is 10.9. The highest BCUT2D eigenvalue weighted by Gasteiger charge is 2.12. The topological polar surface area (TPSA) is 90.4 Å². The van der Waals surface area contributed by atoms with Gasteiger partial charge < -0.3 is 14.6 Å². The second-order valence-electron chi connectivity index (χ2n) is 4.56. The first kappa shape index (κ1) is 14.8. The molecule has 7 heteroatoms. The molecule has 112 valence electrons. The van der Waals surface area contributed by atoms with Crippen LogP contribution in [0.4, 0.5) is 11.4 Å². The molecule has 1 aromatic carbocycles. The summed E-state index contributed by atoms with van der Waals surface area (Å²) < 4.78 is 10.4. The number of benzene rings is 1. The van der Waals surface area contributed by atoms with E-state index in [9.17, 15) is 10.1 Å². The predicted octanol–water partition coefficient (Wildman–Crippen LogP) is 3.21. The number of nitrogens with zero attached hydrogens (tertiary/aromatic N) is 2. The van der Waals surface area contributed by atoms with Crippen LogP contribution in [0.2, 0.25) is 0 Å². The normalized spacial score (nSPS) is 10.4. The Kier molecular flexibility index (Phi) is 4.42. The second-order valence-corrected chi connectivity index (χ2v) is 4.56. The zero-order valence-electron chi connectivity index (χ0n) is 12.2. The van der Waals surface area contributed by atoms with Crippen LogP contribution in [0.1, 0.15) is 23.9 Å². The Labute approximate surface area is 122 Å². The minimum Gasteiger partial charge on any atom is -0.494 e. The molecule has 1 N–H and O–H groups in total. The van der Waals surface area contributed by atoms with Gasteiger partial charge in [-0.1, -0.05) is 5.16 Å². The van der Waals surface area contributed by atoms with Crippen molar-refractivity contribution < 1.29 is 14.2 Å². The minimum absolute atomic E-state index is 0.0118. The smallest absolute Gasteiger partial charge is 0.275 e. The zero-order valence-corrected chi connectivity index (χ0v) is 12.2. The summed E-state index contributed by atoms with van der Waals surface area (Å²) in [6.45, 7) is 6.44. The van der Waals surface area contributed by atoms with Crippen LogP contribution in [0.25, 0.3) is 0 Å². The van der Waals surface area contributed by atoms with Crippen molar-refractivity contribution in [3.8, 4) is 5.75 Å². The van der Waals surface area contributed by atoms with E-state index in [2.05, 4.69) is 10.5 Å². The molecule has 0 fully saturated rings. The van der Waals surface area contributed by atoms with Crippen molar-refractivity contribution in [2.45, 2.75) is 27.3 Å². The highest BCUT2D eigenvalue weighted by molar-refractivity contribution is 5.56. The Bertz CT molecular complexity index is 632. The van der Waals surface area contributed by atoms with Crippen molar-refractivity contribution in [2.75, 3.05) is 11.9 Å². The number of anilines is 1. The first-order valence-corrected chi connectivity index (χ1v) is 6.59. The van der Waals surface area contributed by atoms with E-state index in [0.717, 1.165) is 17.0 Å². The number of ether oxygens (including phenoxy) is 1. The van der Waals surface area contributed by atoms with Crippen molar-refractivity contribution in [1.82, 2.24) is 5.16 Å². The number of aromatic nitrogens is 1. The molecule has 0 saturated heterocycles. The van der Waals surface area contributed by atoms with Gasteiger partial charge in [-0.15, -0.1) is 0 Å². The Morgan fingerprint density at radius 3 is 2.71 bits per heavy atom. The van der Waals surface area contributed by atoms with E-state index in [1.54, 1.807) is 6.07 Å². The summed E-state index contributed by atoms with van der Waals surface area (Å²) >= 11 is 0. The molecule has 0 amide bonds. The summed E-state index contributed by atoms with van der Waals surface area (Å²) in [4.78, 5) is 10.5.